The average Bonchev–Trinajstić information content (AvgIpc) is 2.95. The highest BCUT2D eigenvalue weighted by Crippen LogP contribution is 2.11. The number of hydrogen-bond donors (Lipinski definition) is 1. The molecule has 40 heavy (non-hydrogen) atoms. The third-order valence-electron chi connectivity index (χ3n) is 7.65. The number of hydrogen-bond acceptors (Lipinski definition) is 6. The van der Waals surface area contributed by atoms with Crippen molar-refractivity contribution in [2.45, 2.75) is 168 Å². The lowest BCUT2D eigenvalue weighted by Crippen LogP contribution is -2.29. The Morgan fingerprint density at radius 3 is 1.20 bits per heavy atom. The van der Waals surface area contributed by atoms with Crippen molar-refractivity contribution >= 4 is 11.9 Å². The molecule has 0 saturated heterocycles. The smallest absolute Gasteiger partial charge is 0.305 e. The van der Waals surface area contributed by atoms with Gasteiger partial charge in [0.1, 0.15) is 0 Å². The fourth-order valence-electron chi connectivity index (χ4n) is 5.03. The lowest BCUT2D eigenvalue weighted by Gasteiger charge is -2.21. The molecule has 0 spiro atoms. The summed E-state index contributed by atoms with van der Waals surface area (Å²) >= 11 is 0. The van der Waals surface area contributed by atoms with E-state index in [1.807, 2.05) is 0 Å². The molecule has 0 unspecified atom stereocenters. The standard InChI is InChI=1S/C34H67NO5/c1-3-5-7-9-11-13-15-23-31-39-33(37)25-19-17-21-27-35(29-30-36)28-22-18-20-26-34(38)40-32-24-16-14-12-10-8-6-4-2/h36H,3-32H2,1-2H3. The first-order valence-electron chi connectivity index (χ1n) is 17.3. The van der Waals surface area contributed by atoms with Crippen LogP contribution in [0.25, 0.3) is 0 Å². The summed E-state index contributed by atoms with van der Waals surface area (Å²) in [5.41, 5.74) is 0. The summed E-state index contributed by atoms with van der Waals surface area (Å²) in [5.74, 6) is -0.127. The topological polar surface area (TPSA) is 76.1 Å². The van der Waals surface area contributed by atoms with Crippen molar-refractivity contribution in [3.8, 4) is 0 Å². The van der Waals surface area contributed by atoms with E-state index in [1.165, 1.54) is 77.0 Å². The van der Waals surface area contributed by atoms with Gasteiger partial charge in [0.15, 0.2) is 0 Å². The van der Waals surface area contributed by atoms with Crippen LogP contribution in [0, 0.1) is 0 Å². The van der Waals surface area contributed by atoms with Crippen LogP contribution in [0.15, 0.2) is 0 Å². The summed E-state index contributed by atoms with van der Waals surface area (Å²) < 4.78 is 10.8. The summed E-state index contributed by atoms with van der Waals surface area (Å²) in [5, 5.41) is 9.39. The highest BCUT2D eigenvalue weighted by Gasteiger charge is 2.07. The summed E-state index contributed by atoms with van der Waals surface area (Å²) in [4.78, 5) is 26.2. The van der Waals surface area contributed by atoms with Crippen LogP contribution in [0.3, 0.4) is 0 Å². The Morgan fingerprint density at radius 1 is 0.475 bits per heavy atom. The molecule has 0 aromatic rings. The average molecular weight is 570 g/mol. The SMILES string of the molecule is CCCCCCCCCCOC(=O)CCCCCN(CCO)CCCCCC(=O)OCCCCCCCCCC. The predicted octanol–water partition coefficient (Wildman–Crippen LogP) is 8.77. The molecule has 1 N–H and O–H groups in total. The van der Waals surface area contributed by atoms with Crippen molar-refractivity contribution < 1.29 is 24.2 Å². The van der Waals surface area contributed by atoms with Crippen molar-refractivity contribution in [1.29, 1.82) is 0 Å². The number of ether oxygens (including phenoxy) is 2. The molecule has 0 fully saturated rings. The van der Waals surface area contributed by atoms with Crippen molar-refractivity contribution in [3.63, 3.8) is 0 Å². The lowest BCUT2D eigenvalue weighted by atomic mass is 10.1. The first-order chi connectivity index (χ1) is 19.6. The van der Waals surface area contributed by atoms with Crippen LogP contribution in [-0.2, 0) is 19.1 Å². The molecule has 0 aromatic heterocycles. The van der Waals surface area contributed by atoms with Crippen LogP contribution < -0.4 is 0 Å². The number of aliphatic hydroxyl groups excluding tert-OH is 1. The Hall–Kier alpha value is -1.14. The second-order valence-corrected chi connectivity index (χ2v) is 11.6. The maximum absolute atomic E-state index is 11.9. The zero-order valence-corrected chi connectivity index (χ0v) is 26.7. The fourth-order valence-corrected chi connectivity index (χ4v) is 5.03. The Bertz CT molecular complexity index is 498. The predicted molar refractivity (Wildman–Crippen MR) is 168 cm³/mol. The van der Waals surface area contributed by atoms with Gasteiger partial charge >= 0.3 is 11.9 Å². The van der Waals surface area contributed by atoms with E-state index in [-0.39, 0.29) is 18.5 Å². The monoisotopic (exact) mass is 570 g/mol. The van der Waals surface area contributed by atoms with Gasteiger partial charge in [-0.05, 0) is 51.6 Å². The number of nitrogens with zero attached hydrogens (tertiary/aromatic N) is 1. The molecule has 0 aliphatic rings. The molecule has 0 amide bonds. The van der Waals surface area contributed by atoms with Crippen LogP contribution in [0.4, 0.5) is 0 Å². The van der Waals surface area contributed by atoms with E-state index in [9.17, 15) is 14.7 Å². The molecular weight excluding hydrogens is 502 g/mol. The van der Waals surface area contributed by atoms with Gasteiger partial charge in [-0.25, -0.2) is 0 Å². The van der Waals surface area contributed by atoms with E-state index in [1.54, 1.807) is 0 Å². The number of rotatable bonds is 32. The Kier molecular flexibility index (Phi) is 31.5. The molecule has 0 heterocycles. The van der Waals surface area contributed by atoms with Crippen molar-refractivity contribution in [1.82, 2.24) is 4.90 Å². The largest absolute Gasteiger partial charge is 0.466 e. The molecule has 0 aromatic carbocycles. The molecule has 6 heteroatoms. The minimum absolute atomic E-state index is 0.0634. The molecule has 0 aliphatic carbocycles. The molecule has 0 radical (unpaired) electrons. The van der Waals surface area contributed by atoms with E-state index >= 15 is 0 Å². The van der Waals surface area contributed by atoms with E-state index < -0.39 is 0 Å². The Balaban J connectivity index is 3.59. The van der Waals surface area contributed by atoms with Crippen molar-refractivity contribution in [2.75, 3.05) is 39.5 Å². The van der Waals surface area contributed by atoms with Crippen LogP contribution >= 0.6 is 0 Å². The maximum Gasteiger partial charge on any atom is 0.305 e. The fraction of sp³-hybridized carbons (Fsp3) is 0.941. The highest BCUT2D eigenvalue weighted by atomic mass is 16.5. The number of aliphatic hydroxyl groups is 1. The van der Waals surface area contributed by atoms with Crippen LogP contribution in [0.1, 0.15) is 168 Å². The minimum atomic E-state index is -0.0634. The van der Waals surface area contributed by atoms with Gasteiger partial charge in [0.2, 0.25) is 0 Å². The van der Waals surface area contributed by atoms with Gasteiger partial charge < -0.3 is 19.5 Å². The minimum Gasteiger partial charge on any atom is -0.466 e. The first kappa shape index (κ1) is 38.9. The Morgan fingerprint density at radius 2 is 0.825 bits per heavy atom. The zero-order valence-electron chi connectivity index (χ0n) is 26.7. The highest BCUT2D eigenvalue weighted by molar-refractivity contribution is 5.69. The van der Waals surface area contributed by atoms with Gasteiger partial charge in [0, 0.05) is 19.4 Å². The molecule has 0 atom stereocenters. The Labute approximate surface area is 248 Å². The van der Waals surface area contributed by atoms with Crippen LogP contribution in [0.2, 0.25) is 0 Å². The van der Waals surface area contributed by atoms with E-state index in [0.29, 0.717) is 32.6 Å². The molecule has 238 valence electrons. The van der Waals surface area contributed by atoms with Gasteiger partial charge in [-0.2, -0.15) is 0 Å². The van der Waals surface area contributed by atoms with Gasteiger partial charge in [0.05, 0.1) is 19.8 Å². The number of unbranched alkanes of at least 4 members (excludes halogenated alkanes) is 18. The van der Waals surface area contributed by atoms with Gasteiger partial charge in [-0.15, -0.1) is 0 Å². The van der Waals surface area contributed by atoms with E-state index in [2.05, 4.69) is 18.7 Å². The molecule has 0 aliphatic heterocycles. The molecule has 0 rings (SSSR count). The van der Waals surface area contributed by atoms with E-state index in [4.69, 9.17) is 9.47 Å². The van der Waals surface area contributed by atoms with Crippen molar-refractivity contribution in [3.05, 3.63) is 0 Å². The maximum atomic E-state index is 11.9. The first-order valence-corrected chi connectivity index (χ1v) is 17.3. The van der Waals surface area contributed by atoms with Gasteiger partial charge in [-0.3, -0.25) is 9.59 Å². The zero-order chi connectivity index (χ0) is 29.4. The molecule has 0 saturated carbocycles. The van der Waals surface area contributed by atoms with E-state index in [0.717, 1.165) is 77.3 Å². The molecular formula is C34H67NO5. The number of carbonyl (C=O) groups excluding carboxylic acids is 2. The lowest BCUT2D eigenvalue weighted by molar-refractivity contribution is -0.144. The second-order valence-electron chi connectivity index (χ2n) is 11.6. The molecule has 6 nitrogen and oxygen atoms in total. The summed E-state index contributed by atoms with van der Waals surface area (Å²) in [6.07, 6.45) is 26.8. The van der Waals surface area contributed by atoms with Crippen LogP contribution in [-0.4, -0.2) is 61.4 Å². The van der Waals surface area contributed by atoms with Gasteiger partial charge in [0.25, 0.3) is 0 Å². The second kappa shape index (κ2) is 32.4. The summed E-state index contributed by atoms with van der Waals surface area (Å²) in [7, 11) is 0. The molecule has 0 bridgehead atoms. The normalized spacial score (nSPS) is 11.3. The summed E-state index contributed by atoms with van der Waals surface area (Å²) in [6.45, 7) is 8.33. The van der Waals surface area contributed by atoms with Crippen molar-refractivity contribution in [2.24, 2.45) is 0 Å². The van der Waals surface area contributed by atoms with Crippen LogP contribution in [0.5, 0.6) is 0 Å². The third-order valence-corrected chi connectivity index (χ3v) is 7.65. The third kappa shape index (κ3) is 29.8. The number of esters is 2. The van der Waals surface area contributed by atoms with Gasteiger partial charge in [-0.1, -0.05) is 117 Å². The summed E-state index contributed by atoms with van der Waals surface area (Å²) in [6, 6.07) is 0. The quantitative estimate of drug-likeness (QED) is 0.0644. The number of carbonyl (C=O) groups is 2.